The van der Waals surface area contributed by atoms with Crippen LogP contribution in [0.2, 0.25) is 5.02 Å². The summed E-state index contributed by atoms with van der Waals surface area (Å²) in [6, 6.07) is 9.79. The molecule has 0 bridgehead atoms. The number of carboxylic acids is 1. The number of ether oxygens (including phenoxy) is 1. The smallest absolute Gasteiger partial charge is 0.335 e. The predicted octanol–water partition coefficient (Wildman–Crippen LogP) is 3.48. The van der Waals surface area contributed by atoms with Crippen molar-refractivity contribution in [2.45, 2.75) is 46.4 Å². The van der Waals surface area contributed by atoms with E-state index in [2.05, 4.69) is 9.98 Å². The molecule has 3 aromatic rings. The van der Waals surface area contributed by atoms with E-state index >= 15 is 0 Å². The topological polar surface area (TPSA) is 119 Å². The fraction of sp³-hybridized carbons (Fsp3) is 0.333. The molecule has 2 aromatic carbocycles. The number of hydrogen-bond acceptors (Lipinski definition) is 5. The number of aliphatic carboxylic acids is 1. The lowest BCUT2D eigenvalue weighted by molar-refractivity contribution is -0.142. The largest absolute Gasteiger partial charge is 0.488 e. The van der Waals surface area contributed by atoms with Gasteiger partial charge in [-0.15, -0.1) is 0 Å². The lowest BCUT2D eigenvalue weighted by Crippen LogP contribution is -2.52. The third kappa shape index (κ3) is 6.07. The molecule has 0 aliphatic carbocycles. The molecule has 1 heterocycles. The summed E-state index contributed by atoms with van der Waals surface area (Å²) >= 11 is 5.96. The minimum atomic E-state index is -1.15. The number of rotatable bonds is 8. The molecule has 0 aliphatic rings. The van der Waals surface area contributed by atoms with Gasteiger partial charge in [-0.05, 0) is 57.5 Å². The Bertz CT molecular complexity index is 1410. The van der Waals surface area contributed by atoms with Crippen LogP contribution in [0.15, 0.2) is 57.0 Å². The SMILES string of the molecule is CC(C)Oc1ccc(/N=c2\[nH]c(=O)n([C@H](C)[C@H](C)C(=O)O)c(=O)n2Cc2ccc(Cl)cc2)cc1F. The van der Waals surface area contributed by atoms with Crippen molar-refractivity contribution in [3.05, 3.63) is 85.5 Å². The summed E-state index contributed by atoms with van der Waals surface area (Å²) in [6.45, 7) is 6.41. The first-order valence-corrected chi connectivity index (χ1v) is 11.3. The van der Waals surface area contributed by atoms with E-state index in [4.69, 9.17) is 16.3 Å². The van der Waals surface area contributed by atoms with Crippen molar-refractivity contribution in [3.8, 4) is 5.75 Å². The highest BCUT2D eigenvalue weighted by Gasteiger charge is 2.25. The number of aromatic amines is 1. The number of carboxylic acid groups (broad SMARTS) is 1. The van der Waals surface area contributed by atoms with Gasteiger partial charge in [0.2, 0.25) is 5.62 Å². The summed E-state index contributed by atoms with van der Waals surface area (Å²) in [4.78, 5) is 44.6. The molecule has 0 saturated heterocycles. The van der Waals surface area contributed by atoms with E-state index in [0.29, 0.717) is 10.6 Å². The number of nitrogens with zero attached hydrogens (tertiary/aromatic N) is 3. The average Bonchev–Trinajstić information content (AvgIpc) is 2.78. The molecule has 1 aromatic heterocycles. The number of benzene rings is 2. The zero-order valence-electron chi connectivity index (χ0n) is 19.7. The minimum absolute atomic E-state index is 0.00316. The standard InChI is InChI=1S/C24H26ClFN4O5/c1-13(2)35-20-10-9-18(11-19(20)26)27-22-28-23(33)30(15(4)14(3)21(31)32)24(34)29(22)12-16-5-7-17(25)8-6-16/h5-11,13-15H,12H2,1-4H3,(H,31,32)(H,27,28,33)/t14-,15+/m0/s1. The third-order valence-corrected chi connectivity index (χ3v) is 5.67. The number of halogens is 2. The van der Waals surface area contributed by atoms with Crippen molar-refractivity contribution >= 4 is 23.3 Å². The van der Waals surface area contributed by atoms with Gasteiger partial charge in [-0.1, -0.05) is 23.7 Å². The Hall–Kier alpha value is -3.66. The van der Waals surface area contributed by atoms with Gasteiger partial charge in [0.25, 0.3) is 0 Å². The highest BCUT2D eigenvalue weighted by atomic mass is 35.5. The Morgan fingerprint density at radius 1 is 1.14 bits per heavy atom. The van der Waals surface area contributed by atoms with E-state index in [1.165, 1.54) is 30.5 Å². The van der Waals surface area contributed by atoms with Gasteiger partial charge in [-0.25, -0.2) is 23.5 Å². The van der Waals surface area contributed by atoms with Crippen LogP contribution in [0, 0.1) is 11.7 Å². The molecule has 3 rings (SSSR count). The average molecular weight is 505 g/mol. The van der Waals surface area contributed by atoms with E-state index in [1.54, 1.807) is 38.1 Å². The minimum Gasteiger partial charge on any atom is -0.488 e. The van der Waals surface area contributed by atoms with E-state index in [-0.39, 0.29) is 29.7 Å². The summed E-state index contributed by atoms with van der Waals surface area (Å²) in [6.07, 6.45) is -0.229. The second kappa shape index (κ2) is 10.7. The third-order valence-electron chi connectivity index (χ3n) is 5.42. The van der Waals surface area contributed by atoms with Crippen LogP contribution in [0.1, 0.15) is 39.3 Å². The highest BCUT2D eigenvalue weighted by Crippen LogP contribution is 2.23. The van der Waals surface area contributed by atoms with Crippen molar-refractivity contribution in [2.75, 3.05) is 0 Å². The molecule has 0 unspecified atom stereocenters. The van der Waals surface area contributed by atoms with Crippen LogP contribution < -0.4 is 21.7 Å². The van der Waals surface area contributed by atoms with Crippen molar-refractivity contribution in [3.63, 3.8) is 0 Å². The lowest BCUT2D eigenvalue weighted by atomic mass is 10.0. The van der Waals surface area contributed by atoms with Crippen LogP contribution in [-0.4, -0.2) is 31.3 Å². The molecule has 0 radical (unpaired) electrons. The second-order valence-electron chi connectivity index (χ2n) is 8.38. The summed E-state index contributed by atoms with van der Waals surface area (Å²) < 4.78 is 21.9. The van der Waals surface area contributed by atoms with Crippen LogP contribution >= 0.6 is 11.6 Å². The summed E-state index contributed by atoms with van der Waals surface area (Å²) in [5.74, 6) is -2.76. The van der Waals surface area contributed by atoms with Gasteiger partial charge in [0, 0.05) is 11.1 Å². The maximum atomic E-state index is 14.5. The fourth-order valence-corrected chi connectivity index (χ4v) is 3.48. The Kier molecular flexibility index (Phi) is 7.96. The summed E-state index contributed by atoms with van der Waals surface area (Å²) in [7, 11) is 0. The maximum absolute atomic E-state index is 14.5. The molecule has 0 spiro atoms. The van der Waals surface area contributed by atoms with Crippen molar-refractivity contribution < 1.29 is 19.0 Å². The molecule has 0 saturated carbocycles. The van der Waals surface area contributed by atoms with Gasteiger partial charge in [0.1, 0.15) is 0 Å². The van der Waals surface area contributed by atoms with Crippen LogP contribution in [-0.2, 0) is 11.3 Å². The summed E-state index contributed by atoms with van der Waals surface area (Å²) in [5, 5.41) is 9.87. The number of carbonyl (C=O) groups is 1. The Morgan fingerprint density at radius 3 is 2.37 bits per heavy atom. The van der Waals surface area contributed by atoms with Crippen LogP contribution in [0.5, 0.6) is 5.75 Å². The Labute approximate surface area is 205 Å². The van der Waals surface area contributed by atoms with Gasteiger partial charge in [-0.2, -0.15) is 0 Å². The Balaban J connectivity index is 2.21. The maximum Gasteiger partial charge on any atom is 0.335 e. The van der Waals surface area contributed by atoms with Crippen LogP contribution in [0.4, 0.5) is 10.1 Å². The van der Waals surface area contributed by atoms with E-state index in [9.17, 15) is 23.9 Å². The van der Waals surface area contributed by atoms with Gasteiger partial charge in [-0.3, -0.25) is 14.3 Å². The molecule has 0 fully saturated rings. The van der Waals surface area contributed by atoms with E-state index in [1.807, 2.05) is 0 Å². The van der Waals surface area contributed by atoms with Crippen LogP contribution in [0.25, 0.3) is 0 Å². The molecule has 0 amide bonds. The fourth-order valence-electron chi connectivity index (χ4n) is 3.35. The monoisotopic (exact) mass is 504 g/mol. The zero-order valence-corrected chi connectivity index (χ0v) is 20.4. The molecule has 0 aliphatic heterocycles. The summed E-state index contributed by atoms with van der Waals surface area (Å²) in [5.41, 5.74) is -0.899. The predicted molar refractivity (Wildman–Crippen MR) is 129 cm³/mol. The number of H-pyrrole nitrogens is 1. The molecule has 2 N–H and O–H groups in total. The van der Waals surface area contributed by atoms with Crippen LogP contribution in [0.3, 0.4) is 0 Å². The number of hydrogen-bond donors (Lipinski definition) is 2. The normalized spacial score (nSPS) is 13.6. The molecule has 35 heavy (non-hydrogen) atoms. The highest BCUT2D eigenvalue weighted by molar-refractivity contribution is 6.30. The van der Waals surface area contributed by atoms with Crippen molar-refractivity contribution in [2.24, 2.45) is 10.9 Å². The van der Waals surface area contributed by atoms with Gasteiger partial charge in [0.05, 0.1) is 30.3 Å². The molecular weight excluding hydrogens is 479 g/mol. The van der Waals surface area contributed by atoms with Gasteiger partial charge < -0.3 is 9.84 Å². The zero-order chi connectivity index (χ0) is 25.9. The van der Waals surface area contributed by atoms with E-state index < -0.39 is 35.1 Å². The first kappa shape index (κ1) is 26.0. The van der Waals surface area contributed by atoms with Gasteiger partial charge in [0.15, 0.2) is 11.6 Å². The van der Waals surface area contributed by atoms with E-state index in [0.717, 1.165) is 10.6 Å². The molecule has 11 heteroatoms. The second-order valence-corrected chi connectivity index (χ2v) is 8.82. The Morgan fingerprint density at radius 2 is 1.80 bits per heavy atom. The van der Waals surface area contributed by atoms with Gasteiger partial charge >= 0.3 is 17.3 Å². The number of aromatic nitrogens is 3. The first-order chi connectivity index (χ1) is 16.5. The first-order valence-electron chi connectivity index (χ1n) is 10.9. The quantitative estimate of drug-likeness (QED) is 0.487. The molecule has 2 atom stereocenters. The molecular formula is C24H26ClFN4O5. The number of nitrogens with one attached hydrogen (secondary N) is 1. The van der Waals surface area contributed by atoms with Crippen molar-refractivity contribution in [1.82, 2.24) is 14.1 Å². The molecule has 9 nitrogen and oxygen atoms in total. The lowest BCUT2D eigenvalue weighted by Gasteiger charge is -2.19. The van der Waals surface area contributed by atoms with Crippen molar-refractivity contribution in [1.29, 1.82) is 0 Å². The molecule has 186 valence electrons.